The first-order chi connectivity index (χ1) is 13.5. The number of rotatable bonds is 5. The van der Waals surface area contributed by atoms with Gasteiger partial charge in [0.15, 0.2) is 5.16 Å². The Morgan fingerprint density at radius 1 is 1.46 bits per heavy atom. The van der Waals surface area contributed by atoms with Gasteiger partial charge in [-0.05, 0) is 50.5 Å². The zero-order valence-corrected chi connectivity index (χ0v) is 18.2. The molecule has 1 aliphatic heterocycles. The van der Waals surface area contributed by atoms with Crippen LogP contribution in [0, 0.1) is 5.92 Å². The quantitative estimate of drug-likeness (QED) is 0.418. The molecule has 28 heavy (non-hydrogen) atoms. The Morgan fingerprint density at radius 2 is 2.29 bits per heavy atom. The number of esters is 1. The minimum absolute atomic E-state index is 0.00659. The number of hydrogen-bond donors (Lipinski definition) is 0. The summed E-state index contributed by atoms with van der Waals surface area (Å²) in [4.78, 5) is 32.4. The molecule has 8 heteroatoms. The summed E-state index contributed by atoms with van der Waals surface area (Å²) in [7, 11) is 1.38. The first-order valence-corrected chi connectivity index (χ1v) is 11.6. The SMILES string of the molecule is COC(=O)[C@H](C)Sc1nc2sc3c(c2c(=O)n1C[C@H]1CCCO1)CC[C@@H](C)C3. The van der Waals surface area contributed by atoms with Crippen molar-refractivity contribution >= 4 is 39.3 Å². The molecule has 152 valence electrons. The third kappa shape index (κ3) is 3.74. The molecule has 0 spiro atoms. The smallest absolute Gasteiger partial charge is 0.318 e. The maximum Gasteiger partial charge on any atom is 0.318 e. The minimum Gasteiger partial charge on any atom is -0.468 e. The van der Waals surface area contributed by atoms with Gasteiger partial charge in [0.25, 0.3) is 5.56 Å². The average Bonchev–Trinajstić information content (AvgIpc) is 3.30. The molecule has 1 fully saturated rings. The van der Waals surface area contributed by atoms with Crippen molar-refractivity contribution in [1.82, 2.24) is 9.55 Å². The van der Waals surface area contributed by atoms with Crippen LogP contribution in [0.1, 0.15) is 43.6 Å². The summed E-state index contributed by atoms with van der Waals surface area (Å²) in [6, 6.07) is 0. The predicted molar refractivity (Wildman–Crippen MR) is 111 cm³/mol. The van der Waals surface area contributed by atoms with E-state index >= 15 is 0 Å². The van der Waals surface area contributed by atoms with Crippen LogP contribution in [0.5, 0.6) is 0 Å². The fraction of sp³-hybridized carbons (Fsp3) is 0.650. The molecule has 3 atom stereocenters. The Kier molecular flexibility index (Phi) is 5.81. The van der Waals surface area contributed by atoms with Crippen molar-refractivity contribution in [1.29, 1.82) is 0 Å². The molecule has 2 aromatic rings. The van der Waals surface area contributed by atoms with Crippen LogP contribution in [-0.2, 0) is 33.7 Å². The predicted octanol–water partition coefficient (Wildman–Crippen LogP) is 3.42. The van der Waals surface area contributed by atoms with Crippen molar-refractivity contribution in [3.05, 3.63) is 20.8 Å². The zero-order valence-electron chi connectivity index (χ0n) is 16.5. The molecule has 0 saturated carbocycles. The Labute approximate surface area is 172 Å². The van der Waals surface area contributed by atoms with Crippen LogP contribution in [0.4, 0.5) is 0 Å². The van der Waals surface area contributed by atoms with E-state index in [0.717, 1.165) is 48.9 Å². The molecule has 1 saturated heterocycles. The van der Waals surface area contributed by atoms with Crippen molar-refractivity contribution in [2.24, 2.45) is 5.92 Å². The largest absolute Gasteiger partial charge is 0.468 e. The topological polar surface area (TPSA) is 70.4 Å². The monoisotopic (exact) mass is 422 g/mol. The lowest BCUT2D eigenvalue weighted by atomic mass is 9.89. The van der Waals surface area contributed by atoms with E-state index in [4.69, 9.17) is 14.5 Å². The van der Waals surface area contributed by atoms with Gasteiger partial charge in [-0.25, -0.2) is 4.98 Å². The molecule has 0 bridgehead atoms. The van der Waals surface area contributed by atoms with Gasteiger partial charge in [0.2, 0.25) is 0 Å². The number of fused-ring (bicyclic) bond motifs is 3. The van der Waals surface area contributed by atoms with Gasteiger partial charge in [0, 0.05) is 11.5 Å². The van der Waals surface area contributed by atoms with E-state index in [-0.39, 0.29) is 17.6 Å². The van der Waals surface area contributed by atoms with Crippen molar-refractivity contribution in [2.45, 2.75) is 69.0 Å². The first kappa shape index (κ1) is 19.9. The molecular weight excluding hydrogens is 396 g/mol. The van der Waals surface area contributed by atoms with Gasteiger partial charge in [-0.1, -0.05) is 18.7 Å². The molecule has 0 N–H and O–H groups in total. The number of ether oxygens (including phenoxy) is 2. The standard InChI is InChI=1S/C20H26N2O4S2/c1-11-6-7-14-15(9-11)28-17-16(14)18(23)22(10-13-5-4-8-26-13)20(21-17)27-12(2)19(24)25-3/h11-13H,4-10H2,1-3H3/t11-,12+,13-/m1/s1. The fourth-order valence-corrected chi connectivity index (χ4v) is 6.39. The first-order valence-electron chi connectivity index (χ1n) is 9.89. The van der Waals surface area contributed by atoms with Gasteiger partial charge in [-0.15, -0.1) is 11.3 Å². The van der Waals surface area contributed by atoms with Crippen LogP contribution in [0.15, 0.2) is 9.95 Å². The minimum atomic E-state index is -0.431. The number of aromatic nitrogens is 2. The van der Waals surface area contributed by atoms with E-state index in [0.29, 0.717) is 17.6 Å². The van der Waals surface area contributed by atoms with Crippen molar-refractivity contribution in [2.75, 3.05) is 13.7 Å². The summed E-state index contributed by atoms with van der Waals surface area (Å²) in [6.45, 7) is 5.26. The number of methoxy groups -OCH3 is 1. The highest BCUT2D eigenvalue weighted by molar-refractivity contribution is 8.00. The van der Waals surface area contributed by atoms with Gasteiger partial charge in [-0.3, -0.25) is 14.2 Å². The van der Waals surface area contributed by atoms with E-state index in [1.165, 1.54) is 29.3 Å². The molecule has 0 radical (unpaired) electrons. The number of hydrogen-bond acceptors (Lipinski definition) is 7. The molecule has 0 aromatic carbocycles. The molecule has 0 amide bonds. The van der Waals surface area contributed by atoms with Gasteiger partial charge >= 0.3 is 5.97 Å². The van der Waals surface area contributed by atoms with E-state index in [1.807, 2.05) is 0 Å². The van der Waals surface area contributed by atoms with Crippen molar-refractivity contribution in [3.8, 4) is 0 Å². The average molecular weight is 423 g/mol. The lowest BCUT2D eigenvalue weighted by molar-refractivity contribution is -0.139. The van der Waals surface area contributed by atoms with E-state index in [2.05, 4.69) is 6.92 Å². The maximum absolute atomic E-state index is 13.5. The number of nitrogens with zero attached hydrogens (tertiary/aromatic N) is 2. The molecule has 2 aromatic heterocycles. The highest BCUT2D eigenvalue weighted by Gasteiger charge is 2.27. The second kappa shape index (κ2) is 8.16. The van der Waals surface area contributed by atoms with E-state index < -0.39 is 5.25 Å². The number of aryl methyl sites for hydroxylation is 1. The van der Waals surface area contributed by atoms with Crippen LogP contribution in [0.2, 0.25) is 0 Å². The van der Waals surface area contributed by atoms with Gasteiger partial charge in [-0.2, -0.15) is 0 Å². The number of thiophene rings is 1. The number of carbonyl (C=O) groups is 1. The normalized spacial score (nSPS) is 23.0. The second-order valence-electron chi connectivity index (χ2n) is 7.76. The van der Waals surface area contributed by atoms with Gasteiger partial charge < -0.3 is 9.47 Å². The molecule has 2 aliphatic rings. The Bertz CT molecular complexity index is 946. The fourth-order valence-electron chi connectivity index (χ4n) is 4.02. The van der Waals surface area contributed by atoms with Crippen molar-refractivity contribution < 1.29 is 14.3 Å². The highest BCUT2D eigenvalue weighted by Crippen LogP contribution is 2.37. The summed E-state index contributed by atoms with van der Waals surface area (Å²) < 4.78 is 12.4. The zero-order chi connectivity index (χ0) is 19.8. The van der Waals surface area contributed by atoms with Crippen molar-refractivity contribution in [3.63, 3.8) is 0 Å². The Balaban J connectivity index is 1.80. The van der Waals surface area contributed by atoms with E-state index in [1.54, 1.807) is 22.8 Å². The lowest BCUT2D eigenvalue weighted by Crippen LogP contribution is -2.30. The van der Waals surface area contributed by atoms with Gasteiger partial charge in [0.05, 0.1) is 25.1 Å². The Hall–Kier alpha value is -1.38. The lowest BCUT2D eigenvalue weighted by Gasteiger charge is -2.19. The molecule has 0 unspecified atom stereocenters. The maximum atomic E-state index is 13.5. The molecule has 4 rings (SSSR count). The van der Waals surface area contributed by atoms with Crippen LogP contribution in [-0.4, -0.2) is 40.6 Å². The van der Waals surface area contributed by atoms with E-state index in [9.17, 15) is 9.59 Å². The second-order valence-corrected chi connectivity index (χ2v) is 10.2. The third-order valence-electron chi connectivity index (χ3n) is 5.61. The summed E-state index contributed by atoms with van der Waals surface area (Å²) in [6.07, 6.45) is 5.06. The Morgan fingerprint density at radius 3 is 3.00 bits per heavy atom. The number of carbonyl (C=O) groups excluding carboxylic acids is 1. The summed E-state index contributed by atoms with van der Waals surface area (Å²) >= 11 is 2.93. The summed E-state index contributed by atoms with van der Waals surface area (Å²) in [5, 5.41) is 0.928. The molecule has 3 heterocycles. The molecule has 6 nitrogen and oxygen atoms in total. The highest BCUT2D eigenvalue weighted by atomic mass is 32.2. The molecule has 1 aliphatic carbocycles. The number of thioether (sulfide) groups is 1. The summed E-state index contributed by atoms with van der Waals surface area (Å²) in [5.74, 6) is 0.324. The van der Waals surface area contributed by atoms with Crippen LogP contribution in [0.3, 0.4) is 0 Å². The van der Waals surface area contributed by atoms with Crippen LogP contribution >= 0.6 is 23.1 Å². The van der Waals surface area contributed by atoms with Gasteiger partial charge in [0.1, 0.15) is 10.1 Å². The summed E-state index contributed by atoms with van der Waals surface area (Å²) in [5.41, 5.74) is 1.20. The molecular formula is C20H26N2O4S2. The third-order valence-corrected chi connectivity index (χ3v) is 7.82. The van der Waals surface area contributed by atoms with Crippen LogP contribution in [0.25, 0.3) is 10.2 Å². The van der Waals surface area contributed by atoms with Crippen LogP contribution < -0.4 is 5.56 Å².